The van der Waals surface area contributed by atoms with E-state index >= 15 is 0 Å². The summed E-state index contributed by atoms with van der Waals surface area (Å²) in [5.41, 5.74) is 12.6. The van der Waals surface area contributed by atoms with Gasteiger partial charge >= 0.3 is 11.9 Å². The lowest BCUT2D eigenvalue weighted by atomic mass is 9.84. The van der Waals surface area contributed by atoms with Crippen LogP contribution in [0.2, 0.25) is 0 Å². The van der Waals surface area contributed by atoms with E-state index < -0.39 is 0 Å². The standard InChI is InChI=1S/C52H68N4O5/c1-8-10-11-12-13-14-15-16-17-18-19-20-21-22-23-24-25-49(59)61-32-40-35(5)41-29-43-34(4)38(26-27-48(58)60-7)51(55-43)39-28-47(57)50-36(6)44(56-52(39)50)31-45-37(9-2)33(3)42(53-45)30-46(40)54-41/h10-11,13-14,16-17,19-20,22-23,34,38,42-44,54-55H,8-9,12,15,18,21,24-32H2,1-7H3/b11-10-,14-13-,17-16-,20-19-,23-22-,51-39-/t34-,38-,42?,43?,44?/m0/s1. The molecule has 2 N–H and O–H groups in total. The molecule has 2 fully saturated rings. The molecule has 0 spiro atoms. The molecule has 8 bridgehead atoms. The number of aromatic nitrogens is 1. The van der Waals surface area contributed by atoms with Crippen molar-refractivity contribution in [1.29, 1.82) is 0 Å². The van der Waals surface area contributed by atoms with E-state index in [1.165, 1.54) is 18.3 Å². The molecular formula is C52H68N4O5. The molecule has 1 saturated heterocycles. The summed E-state index contributed by atoms with van der Waals surface area (Å²) in [6.45, 7) is 13.2. The van der Waals surface area contributed by atoms with Crippen LogP contribution >= 0.6 is 0 Å². The first-order valence-corrected chi connectivity index (χ1v) is 22.8. The summed E-state index contributed by atoms with van der Waals surface area (Å²) in [5, 5.41) is 3.89. The molecule has 61 heavy (non-hydrogen) atoms. The lowest BCUT2D eigenvalue weighted by Crippen LogP contribution is -2.29. The largest absolute Gasteiger partial charge is 0.469 e. The van der Waals surface area contributed by atoms with Gasteiger partial charge in [-0.05, 0) is 100 Å². The van der Waals surface area contributed by atoms with Gasteiger partial charge in [-0.25, -0.2) is 0 Å². The number of fused-ring (bicyclic) bond motifs is 6. The number of esters is 2. The molecule has 5 atom stereocenters. The number of allylic oxidation sites excluding steroid dienone is 14. The number of carbonyl (C=O) groups excluding carboxylic acids is 3. The smallest absolute Gasteiger partial charge is 0.306 e. The van der Waals surface area contributed by atoms with Gasteiger partial charge < -0.3 is 19.8 Å². The second-order valence-corrected chi connectivity index (χ2v) is 17.2. The van der Waals surface area contributed by atoms with Crippen molar-refractivity contribution in [2.45, 2.75) is 156 Å². The molecule has 5 heterocycles. The van der Waals surface area contributed by atoms with E-state index in [9.17, 15) is 14.4 Å². The molecule has 9 heteroatoms. The molecule has 1 aliphatic carbocycles. The maximum Gasteiger partial charge on any atom is 0.306 e. The first-order chi connectivity index (χ1) is 29.6. The predicted molar refractivity (Wildman–Crippen MR) is 247 cm³/mol. The number of carbonyl (C=O) groups is 3. The summed E-state index contributed by atoms with van der Waals surface area (Å²) >= 11 is 0. The van der Waals surface area contributed by atoms with Gasteiger partial charge in [0.1, 0.15) is 6.61 Å². The monoisotopic (exact) mass is 829 g/mol. The van der Waals surface area contributed by atoms with Crippen molar-refractivity contribution in [2.75, 3.05) is 7.11 Å². The van der Waals surface area contributed by atoms with Crippen LogP contribution in [-0.2, 0) is 43.3 Å². The summed E-state index contributed by atoms with van der Waals surface area (Å²) in [6, 6.07) is -0.129. The van der Waals surface area contributed by atoms with E-state index in [1.807, 2.05) is 0 Å². The van der Waals surface area contributed by atoms with E-state index in [4.69, 9.17) is 19.5 Å². The zero-order chi connectivity index (χ0) is 43.5. The molecule has 0 amide bonds. The molecule has 9 nitrogen and oxygen atoms in total. The van der Waals surface area contributed by atoms with E-state index in [0.29, 0.717) is 51.4 Å². The maximum absolute atomic E-state index is 13.7. The number of nitrogens with one attached hydrogen (secondary N) is 2. The second-order valence-electron chi connectivity index (χ2n) is 17.2. The molecule has 3 unspecified atom stereocenters. The lowest BCUT2D eigenvalue weighted by molar-refractivity contribution is -0.145. The minimum atomic E-state index is -0.233. The quantitative estimate of drug-likeness (QED) is 0.112. The van der Waals surface area contributed by atoms with Crippen LogP contribution in [-0.4, -0.2) is 59.4 Å². The summed E-state index contributed by atoms with van der Waals surface area (Å²) in [5.74, 6) is -0.100. The van der Waals surface area contributed by atoms with Crippen LogP contribution in [0.5, 0.6) is 0 Å². The fourth-order valence-electron chi connectivity index (χ4n) is 9.69. The number of ketones is 1. The number of ether oxygens (including phenoxy) is 2. The Balaban J connectivity index is 1.15. The van der Waals surface area contributed by atoms with Gasteiger partial charge in [-0.1, -0.05) is 81.5 Å². The van der Waals surface area contributed by atoms with Crippen molar-refractivity contribution in [3.05, 3.63) is 117 Å². The predicted octanol–water partition coefficient (Wildman–Crippen LogP) is 10.5. The highest BCUT2D eigenvalue weighted by atomic mass is 16.5. The Labute approximate surface area is 364 Å². The van der Waals surface area contributed by atoms with Crippen LogP contribution < -0.4 is 5.32 Å². The first-order valence-electron chi connectivity index (χ1n) is 22.8. The van der Waals surface area contributed by atoms with Gasteiger partial charge in [-0.3, -0.25) is 24.4 Å². The van der Waals surface area contributed by atoms with Crippen LogP contribution in [0.1, 0.15) is 134 Å². The number of aliphatic imine (C=N–C) groups is 2. The van der Waals surface area contributed by atoms with Gasteiger partial charge in [0.15, 0.2) is 5.78 Å². The fraction of sp³-hybridized carbons (Fsp3) is 0.519. The first kappa shape index (κ1) is 45.5. The zero-order valence-corrected chi connectivity index (χ0v) is 37.7. The summed E-state index contributed by atoms with van der Waals surface area (Å²) in [6.07, 6.45) is 31.6. The molecule has 4 aliphatic heterocycles. The van der Waals surface area contributed by atoms with E-state index in [0.717, 1.165) is 94.9 Å². The van der Waals surface area contributed by atoms with Gasteiger partial charge in [0.25, 0.3) is 0 Å². The number of Topliss-reactive ketones (excluding diaryl/α,β-unsaturated/α-hetero) is 1. The van der Waals surface area contributed by atoms with E-state index in [1.54, 1.807) is 0 Å². The Morgan fingerprint density at radius 2 is 1.44 bits per heavy atom. The van der Waals surface area contributed by atoms with Crippen molar-refractivity contribution in [3.8, 4) is 0 Å². The highest BCUT2D eigenvalue weighted by Gasteiger charge is 2.45. The number of methoxy groups -OCH3 is 1. The molecule has 6 rings (SSSR count). The molecule has 326 valence electrons. The minimum Gasteiger partial charge on any atom is -0.469 e. The van der Waals surface area contributed by atoms with Crippen molar-refractivity contribution in [3.63, 3.8) is 0 Å². The maximum atomic E-state index is 13.7. The van der Waals surface area contributed by atoms with Gasteiger partial charge in [-0.2, -0.15) is 0 Å². The molecule has 1 aromatic heterocycles. The van der Waals surface area contributed by atoms with Crippen molar-refractivity contribution in [2.24, 2.45) is 21.8 Å². The van der Waals surface area contributed by atoms with Gasteiger partial charge in [0.05, 0.1) is 24.9 Å². The van der Waals surface area contributed by atoms with Gasteiger partial charge in [-0.15, -0.1) is 0 Å². The third kappa shape index (κ3) is 10.9. The summed E-state index contributed by atoms with van der Waals surface area (Å²) in [4.78, 5) is 53.7. The molecule has 1 saturated carbocycles. The van der Waals surface area contributed by atoms with Crippen molar-refractivity contribution >= 4 is 29.1 Å². The van der Waals surface area contributed by atoms with E-state index in [-0.39, 0.29) is 54.3 Å². The third-order valence-electron chi connectivity index (χ3n) is 13.3. The Morgan fingerprint density at radius 1 is 0.787 bits per heavy atom. The van der Waals surface area contributed by atoms with Crippen molar-refractivity contribution in [1.82, 2.24) is 10.3 Å². The second kappa shape index (κ2) is 21.7. The Hall–Kier alpha value is -5.05. The average Bonchev–Trinajstić information content (AvgIpc) is 4.00. The number of rotatable bonds is 18. The van der Waals surface area contributed by atoms with Crippen LogP contribution in [0.4, 0.5) is 0 Å². The zero-order valence-electron chi connectivity index (χ0n) is 37.7. The van der Waals surface area contributed by atoms with Crippen LogP contribution in [0, 0.1) is 18.8 Å². The topological polar surface area (TPSA) is 122 Å². The lowest BCUT2D eigenvalue weighted by Gasteiger charge is -2.19. The van der Waals surface area contributed by atoms with E-state index in [2.05, 4.69) is 113 Å². The highest BCUT2D eigenvalue weighted by Crippen LogP contribution is 2.44. The third-order valence-corrected chi connectivity index (χ3v) is 13.3. The number of hydrogen-bond donors (Lipinski definition) is 2. The Bertz CT molecular complexity index is 2130. The highest BCUT2D eigenvalue weighted by molar-refractivity contribution is 6.37. The van der Waals surface area contributed by atoms with Crippen LogP contribution in [0.25, 0.3) is 0 Å². The molecule has 5 aliphatic rings. The molecule has 0 radical (unpaired) electrons. The SMILES string of the molecule is CC/C=C\C/C=C\C/C=C\C/C=C\C/C=C\CCC(=O)OCc1c2[nH]c(c1C)CC1N/C(=C3/CC(=O)C4=C(C)C(CC5=NC(C2)C(C)=C5CC)N=C43)[C@@H](CCC(=O)OC)[C@@H]1C. The number of aromatic amines is 1. The summed E-state index contributed by atoms with van der Waals surface area (Å²) in [7, 11) is 1.43. The van der Waals surface area contributed by atoms with Crippen LogP contribution in [0.3, 0.4) is 0 Å². The average molecular weight is 829 g/mol. The van der Waals surface area contributed by atoms with Crippen molar-refractivity contribution < 1.29 is 23.9 Å². The minimum absolute atomic E-state index is 0.0371. The van der Waals surface area contributed by atoms with Crippen LogP contribution in [0.15, 0.2) is 104 Å². The van der Waals surface area contributed by atoms with Gasteiger partial charge in [0.2, 0.25) is 0 Å². The summed E-state index contributed by atoms with van der Waals surface area (Å²) < 4.78 is 11.0. The number of nitrogens with zero attached hydrogens (tertiary/aromatic N) is 2. The fourth-order valence-corrected chi connectivity index (χ4v) is 9.69. The number of hydrogen-bond acceptors (Lipinski definition) is 8. The molecule has 0 aromatic carbocycles. The Morgan fingerprint density at radius 3 is 2.10 bits per heavy atom. The molecular weight excluding hydrogens is 761 g/mol. The molecule has 1 aromatic rings. The number of H-pyrrole nitrogens is 1. The normalized spacial score (nSPS) is 25.1. The van der Waals surface area contributed by atoms with Gasteiger partial charge in [0, 0.05) is 90.0 Å². The Kier molecular flexibility index (Phi) is 16.1.